The van der Waals surface area contributed by atoms with Crippen LogP contribution < -0.4 is 4.72 Å². The third-order valence-electron chi connectivity index (χ3n) is 2.18. The van der Waals surface area contributed by atoms with E-state index in [0.29, 0.717) is 16.8 Å². The minimum atomic E-state index is -3.34. The average Bonchev–Trinajstić information content (AvgIpc) is 2.19. The molecule has 1 rings (SSSR count). The molecule has 1 N–H and O–H groups in total. The second-order valence-electron chi connectivity index (χ2n) is 3.33. The van der Waals surface area contributed by atoms with Gasteiger partial charge in [0.05, 0.1) is 4.90 Å². The van der Waals surface area contributed by atoms with E-state index in [9.17, 15) is 8.42 Å². The molecule has 1 aromatic rings. The molecule has 0 atom stereocenters. The summed E-state index contributed by atoms with van der Waals surface area (Å²) in [5.74, 6) is 0. The Morgan fingerprint density at radius 2 is 1.93 bits per heavy atom. The van der Waals surface area contributed by atoms with Crippen LogP contribution in [0.5, 0.6) is 0 Å². The van der Waals surface area contributed by atoms with Gasteiger partial charge in [0.25, 0.3) is 0 Å². The maximum Gasteiger partial charge on any atom is 0.240 e. The minimum Gasteiger partial charge on any atom is -0.210 e. The van der Waals surface area contributed by atoms with Gasteiger partial charge in [-0.3, -0.25) is 0 Å². The van der Waals surface area contributed by atoms with E-state index in [0.717, 1.165) is 11.1 Å². The van der Waals surface area contributed by atoms with Crippen LogP contribution in [-0.4, -0.2) is 20.3 Å². The van der Waals surface area contributed by atoms with E-state index in [1.54, 1.807) is 12.1 Å². The lowest BCUT2D eigenvalue weighted by Crippen LogP contribution is -2.25. The first-order valence-electron chi connectivity index (χ1n) is 4.60. The Morgan fingerprint density at radius 1 is 1.27 bits per heavy atom. The van der Waals surface area contributed by atoms with Crippen LogP contribution in [0.25, 0.3) is 0 Å². The average molecular weight is 292 g/mol. The van der Waals surface area contributed by atoms with Crippen molar-refractivity contribution in [3.05, 3.63) is 29.3 Å². The molecule has 0 saturated carbocycles. The summed E-state index contributed by atoms with van der Waals surface area (Å²) in [7, 11) is -3.34. The second kappa shape index (κ2) is 5.09. The summed E-state index contributed by atoms with van der Waals surface area (Å²) in [6, 6.07) is 5.13. The smallest absolute Gasteiger partial charge is 0.210 e. The van der Waals surface area contributed by atoms with E-state index in [-0.39, 0.29) is 0 Å². The van der Waals surface area contributed by atoms with Crippen molar-refractivity contribution < 1.29 is 8.42 Å². The standard InChI is InChI=1S/C10H14BrNO2S/c1-8-3-4-10(7-9(8)2)15(13,14)12-6-5-11/h3-4,7,12H,5-6H2,1-2H3. The quantitative estimate of drug-likeness (QED) is 0.863. The van der Waals surface area contributed by atoms with Gasteiger partial charge in [-0.05, 0) is 37.1 Å². The van der Waals surface area contributed by atoms with Gasteiger partial charge in [0.2, 0.25) is 10.0 Å². The molecule has 0 spiro atoms. The van der Waals surface area contributed by atoms with E-state index >= 15 is 0 Å². The molecular formula is C10H14BrNO2S. The predicted octanol–water partition coefficient (Wildman–Crippen LogP) is 1.98. The molecule has 5 heteroatoms. The van der Waals surface area contributed by atoms with Crippen LogP contribution in [0.3, 0.4) is 0 Å². The number of nitrogens with one attached hydrogen (secondary N) is 1. The fraction of sp³-hybridized carbons (Fsp3) is 0.400. The van der Waals surface area contributed by atoms with Crippen LogP contribution in [0, 0.1) is 13.8 Å². The molecule has 0 aliphatic carbocycles. The molecule has 0 amide bonds. The van der Waals surface area contributed by atoms with Crippen LogP contribution in [0.15, 0.2) is 23.1 Å². The lowest BCUT2D eigenvalue weighted by molar-refractivity contribution is 0.584. The van der Waals surface area contributed by atoms with E-state index < -0.39 is 10.0 Å². The zero-order valence-electron chi connectivity index (χ0n) is 8.75. The third-order valence-corrected chi connectivity index (χ3v) is 4.03. The van der Waals surface area contributed by atoms with Crippen LogP contribution >= 0.6 is 15.9 Å². The number of rotatable bonds is 4. The van der Waals surface area contributed by atoms with Gasteiger partial charge in [0.1, 0.15) is 0 Å². The summed E-state index contributed by atoms with van der Waals surface area (Å²) in [4.78, 5) is 0.326. The summed E-state index contributed by atoms with van der Waals surface area (Å²) in [6.45, 7) is 4.26. The zero-order valence-corrected chi connectivity index (χ0v) is 11.2. The number of aryl methyl sites for hydroxylation is 2. The second-order valence-corrected chi connectivity index (χ2v) is 5.89. The maximum absolute atomic E-state index is 11.7. The number of benzene rings is 1. The molecule has 0 aromatic heterocycles. The highest BCUT2D eigenvalue weighted by Crippen LogP contribution is 2.14. The van der Waals surface area contributed by atoms with Crippen LogP contribution in [0.4, 0.5) is 0 Å². The van der Waals surface area contributed by atoms with Crippen molar-refractivity contribution in [3.63, 3.8) is 0 Å². The molecule has 1 aromatic carbocycles. The van der Waals surface area contributed by atoms with Gasteiger partial charge in [-0.1, -0.05) is 22.0 Å². The molecule has 84 valence electrons. The summed E-state index contributed by atoms with van der Waals surface area (Å²) in [6.07, 6.45) is 0. The van der Waals surface area contributed by atoms with Gasteiger partial charge < -0.3 is 0 Å². The molecular weight excluding hydrogens is 278 g/mol. The highest BCUT2D eigenvalue weighted by atomic mass is 79.9. The number of hydrogen-bond donors (Lipinski definition) is 1. The Morgan fingerprint density at radius 3 is 2.47 bits per heavy atom. The summed E-state index contributed by atoms with van der Waals surface area (Å²) in [5, 5.41) is 0.608. The number of halogens is 1. The monoisotopic (exact) mass is 291 g/mol. The highest BCUT2D eigenvalue weighted by molar-refractivity contribution is 9.09. The first-order valence-corrected chi connectivity index (χ1v) is 7.21. The van der Waals surface area contributed by atoms with Crippen molar-refractivity contribution in [1.82, 2.24) is 4.72 Å². The summed E-state index contributed by atoms with van der Waals surface area (Å²) in [5.41, 5.74) is 2.08. The molecule has 15 heavy (non-hydrogen) atoms. The van der Waals surface area contributed by atoms with Gasteiger partial charge in [-0.25, -0.2) is 13.1 Å². The molecule has 0 radical (unpaired) electrons. The van der Waals surface area contributed by atoms with Gasteiger partial charge in [-0.15, -0.1) is 0 Å². The maximum atomic E-state index is 11.7. The van der Waals surface area contributed by atoms with E-state index in [1.807, 2.05) is 19.9 Å². The zero-order chi connectivity index (χ0) is 11.5. The molecule has 0 saturated heterocycles. The Bertz CT molecular complexity index is 443. The van der Waals surface area contributed by atoms with Gasteiger partial charge in [-0.2, -0.15) is 0 Å². The van der Waals surface area contributed by atoms with Crippen molar-refractivity contribution in [1.29, 1.82) is 0 Å². The van der Waals surface area contributed by atoms with E-state index in [2.05, 4.69) is 20.7 Å². The SMILES string of the molecule is Cc1ccc(S(=O)(=O)NCCBr)cc1C. The van der Waals surface area contributed by atoms with Crippen molar-refractivity contribution in [2.75, 3.05) is 11.9 Å². The Hall–Kier alpha value is -0.390. The van der Waals surface area contributed by atoms with E-state index in [1.165, 1.54) is 0 Å². The molecule has 0 bridgehead atoms. The van der Waals surface area contributed by atoms with Crippen molar-refractivity contribution in [2.24, 2.45) is 0 Å². The highest BCUT2D eigenvalue weighted by Gasteiger charge is 2.13. The first-order chi connectivity index (χ1) is 6.97. The van der Waals surface area contributed by atoms with Crippen LogP contribution in [0.2, 0.25) is 0 Å². The Kier molecular flexibility index (Phi) is 4.31. The molecule has 0 heterocycles. The topological polar surface area (TPSA) is 46.2 Å². The molecule has 0 unspecified atom stereocenters. The lowest BCUT2D eigenvalue weighted by atomic mass is 10.1. The minimum absolute atomic E-state index is 0.326. The van der Waals surface area contributed by atoms with Crippen LogP contribution in [0.1, 0.15) is 11.1 Å². The summed E-state index contributed by atoms with van der Waals surface area (Å²) >= 11 is 3.17. The van der Waals surface area contributed by atoms with Gasteiger partial charge >= 0.3 is 0 Å². The number of sulfonamides is 1. The fourth-order valence-corrected chi connectivity index (χ4v) is 2.71. The molecule has 0 fully saturated rings. The third kappa shape index (κ3) is 3.29. The van der Waals surface area contributed by atoms with Crippen LogP contribution in [-0.2, 0) is 10.0 Å². The number of hydrogen-bond acceptors (Lipinski definition) is 2. The van der Waals surface area contributed by atoms with Crippen molar-refractivity contribution >= 4 is 26.0 Å². The van der Waals surface area contributed by atoms with E-state index in [4.69, 9.17) is 0 Å². The largest absolute Gasteiger partial charge is 0.240 e. The van der Waals surface area contributed by atoms with Gasteiger partial charge in [0.15, 0.2) is 0 Å². The summed E-state index contributed by atoms with van der Waals surface area (Å²) < 4.78 is 25.9. The Labute approximate surface area is 99.1 Å². The Balaban J connectivity index is 3.00. The van der Waals surface area contributed by atoms with Crippen molar-refractivity contribution in [2.45, 2.75) is 18.7 Å². The normalized spacial score (nSPS) is 11.7. The molecule has 0 aliphatic heterocycles. The number of alkyl halides is 1. The van der Waals surface area contributed by atoms with Crippen molar-refractivity contribution in [3.8, 4) is 0 Å². The molecule has 0 aliphatic rings. The molecule has 3 nitrogen and oxygen atoms in total. The predicted molar refractivity (Wildman–Crippen MR) is 64.9 cm³/mol. The fourth-order valence-electron chi connectivity index (χ4n) is 1.14. The lowest BCUT2D eigenvalue weighted by Gasteiger charge is -2.07. The first kappa shape index (κ1) is 12.7. The van der Waals surface area contributed by atoms with Gasteiger partial charge in [0, 0.05) is 11.9 Å².